The molecule has 0 aliphatic carbocycles. The average Bonchev–Trinajstić information content (AvgIpc) is 2.37. The maximum absolute atomic E-state index is 12.1. The van der Waals surface area contributed by atoms with Crippen LogP contribution in [0.4, 0.5) is 11.4 Å². The molecule has 7 heteroatoms. The van der Waals surface area contributed by atoms with Crippen molar-refractivity contribution in [2.45, 2.75) is 5.75 Å². The number of hydrogen-bond donors (Lipinski definition) is 3. The molecule has 0 unspecified atom stereocenters. The van der Waals surface area contributed by atoms with E-state index >= 15 is 0 Å². The predicted octanol–water partition coefficient (Wildman–Crippen LogP) is 1.91. The van der Waals surface area contributed by atoms with Gasteiger partial charge in [0, 0.05) is 5.69 Å². The largest absolute Gasteiger partial charge is 0.478 e. The van der Waals surface area contributed by atoms with Crippen molar-refractivity contribution in [3.63, 3.8) is 0 Å². The van der Waals surface area contributed by atoms with Gasteiger partial charge in [-0.1, -0.05) is 24.3 Å². The third-order valence-electron chi connectivity index (χ3n) is 2.73. The van der Waals surface area contributed by atoms with Crippen LogP contribution in [0.3, 0.4) is 0 Å². The molecule has 0 aromatic heterocycles. The molecule has 21 heavy (non-hydrogen) atoms. The van der Waals surface area contributed by atoms with Crippen molar-refractivity contribution in [1.29, 1.82) is 0 Å². The van der Waals surface area contributed by atoms with Crippen LogP contribution in [0.1, 0.15) is 15.9 Å². The second-order valence-corrected chi connectivity index (χ2v) is 6.18. The van der Waals surface area contributed by atoms with Gasteiger partial charge in [-0.05, 0) is 29.8 Å². The summed E-state index contributed by atoms with van der Waals surface area (Å²) in [5.41, 5.74) is 6.52. The molecule has 0 fully saturated rings. The van der Waals surface area contributed by atoms with Gasteiger partial charge in [0.05, 0.1) is 17.0 Å². The molecule has 0 radical (unpaired) electrons. The number of sulfonamides is 1. The van der Waals surface area contributed by atoms with E-state index in [-0.39, 0.29) is 17.0 Å². The summed E-state index contributed by atoms with van der Waals surface area (Å²) in [5.74, 6) is -1.48. The van der Waals surface area contributed by atoms with Gasteiger partial charge in [0.25, 0.3) is 0 Å². The number of aromatic carboxylic acids is 1. The summed E-state index contributed by atoms with van der Waals surface area (Å²) in [6.07, 6.45) is 0. The minimum absolute atomic E-state index is 0.0360. The predicted molar refractivity (Wildman–Crippen MR) is 80.5 cm³/mol. The minimum Gasteiger partial charge on any atom is -0.478 e. The second kappa shape index (κ2) is 5.84. The smallest absolute Gasteiger partial charge is 0.337 e. The molecule has 2 aromatic carbocycles. The average molecular weight is 306 g/mol. The number of anilines is 2. The first-order valence-corrected chi connectivity index (χ1v) is 7.70. The summed E-state index contributed by atoms with van der Waals surface area (Å²) >= 11 is 0. The van der Waals surface area contributed by atoms with E-state index in [1.807, 2.05) is 0 Å². The van der Waals surface area contributed by atoms with Gasteiger partial charge in [0.1, 0.15) is 0 Å². The summed E-state index contributed by atoms with van der Waals surface area (Å²) in [4.78, 5) is 11.1. The van der Waals surface area contributed by atoms with Crippen LogP contribution in [0.15, 0.2) is 48.5 Å². The van der Waals surface area contributed by atoms with E-state index in [0.717, 1.165) is 0 Å². The lowest BCUT2D eigenvalue weighted by molar-refractivity contribution is 0.0698. The minimum atomic E-state index is -3.73. The Labute approximate surface area is 122 Å². The van der Waals surface area contributed by atoms with E-state index < -0.39 is 16.0 Å². The Balaban J connectivity index is 2.24. The van der Waals surface area contributed by atoms with Crippen LogP contribution in [0, 0.1) is 0 Å². The van der Waals surface area contributed by atoms with Gasteiger partial charge in [-0.3, -0.25) is 4.72 Å². The molecule has 2 aromatic rings. The third kappa shape index (κ3) is 3.96. The molecular formula is C14H14N2O4S. The molecule has 110 valence electrons. The molecule has 0 bridgehead atoms. The van der Waals surface area contributed by atoms with Crippen molar-refractivity contribution in [3.05, 3.63) is 59.7 Å². The Bertz CT molecular complexity index is 772. The molecule has 0 atom stereocenters. The number of nitrogens with two attached hydrogens (primary N) is 1. The summed E-state index contributed by atoms with van der Waals surface area (Å²) in [5, 5.41) is 9.04. The van der Waals surface area contributed by atoms with Crippen molar-refractivity contribution in [2.24, 2.45) is 0 Å². The summed E-state index contributed by atoms with van der Waals surface area (Å²) in [7, 11) is -3.73. The van der Waals surface area contributed by atoms with E-state index in [1.54, 1.807) is 30.3 Å². The Morgan fingerprint density at radius 3 is 2.52 bits per heavy atom. The lowest BCUT2D eigenvalue weighted by atomic mass is 10.2. The van der Waals surface area contributed by atoms with Gasteiger partial charge in [-0.25, -0.2) is 13.2 Å². The van der Waals surface area contributed by atoms with Crippen molar-refractivity contribution < 1.29 is 18.3 Å². The molecule has 0 saturated carbocycles. The number of nitrogens with one attached hydrogen (secondary N) is 1. The Morgan fingerprint density at radius 1 is 1.14 bits per heavy atom. The maximum atomic E-state index is 12.1. The van der Waals surface area contributed by atoms with Crippen LogP contribution < -0.4 is 10.5 Å². The lowest BCUT2D eigenvalue weighted by Crippen LogP contribution is -2.17. The van der Waals surface area contributed by atoms with E-state index in [0.29, 0.717) is 11.3 Å². The highest BCUT2D eigenvalue weighted by molar-refractivity contribution is 7.91. The van der Waals surface area contributed by atoms with Crippen molar-refractivity contribution in [1.82, 2.24) is 0 Å². The number of carboxylic acids is 1. The van der Waals surface area contributed by atoms with Crippen LogP contribution in [0.2, 0.25) is 0 Å². The zero-order chi connectivity index (χ0) is 15.5. The molecule has 0 saturated heterocycles. The van der Waals surface area contributed by atoms with Crippen LogP contribution >= 0.6 is 0 Å². The number of para-hydroxylation sites is 1. The maximum Gasteiger partial charge on any atom is 0.337 e. The summed E-state index contributed by atoms with van der Waals surface area (Å²) < 4.78 is 26.5. The molecule has 0 spiro atoms. The van der Waals surface area contributed by atoms with E-state index in [9.17, 15) is 13.2 Å². The molecular weight excluding hydrogens is 292 g/mol. The fourth-order valence-corrected chi connectivity index (χ4v) is 3.07. The molecule has 4 N–H and O–H groups in total. The van der Waals surface area contributed by atoms with Crippen molar-refractivity contribution in [2.75, 3.05) is 10.5 Å². The molecule has 0 amide bonds. The fourth-order valence-electron chi connectivity index (χ4n) is 1.86. The number of carboxylic acid groups (broad SMARTS) is 1. The SMILES string of the molecule is Nc1cccc(CS(=O)(=O)Nc2ccccc2C(=O)O)c1. The topological polar surface area (TPSA) is 109 Å². The Hall–Kier alpha value is -2.54. The third-order valence-corrected chi connectivity index (χ3v) is 3.97. The zero-order valence-corrected chi connectivity index (χ0v) is 11.8. The van der Waals surface area contributed by atoms with Crippen molar-refractivity contribution >= 4 is 27.4 Å². The molecule has 0 aliphatic heterocycles. The standard InChI is InChI=1S/C14H14N2O4S/c15-11-5-3-4-10(8-11)9-21(19,20)16-13-7-2-1-6-12(13)14(17)18/h1-8,16H,9,15H2,(H,17,18). The summed E-state index contributed by atoms with van der Waals surface area (Å²) in [6.45, 7) is 0. The normalized spacial score (nSPS) is 11.0. The highest BCUT2D eigenvalue weighted by Crippen LogP contribution is 2.18. The number of nitrogen functional groups attached to an aromatic ring is 1. The van der Waals surface area contributed by atoms with Crippen molar-refractivity contribution in [3.8, 4) is 0 Å². The van der Waals surface area contributed by atoms with Crippen LogP contribution in [0.5, 0.6) is 0 Å². The second-order valence-electron chi connectivity index (χ2n) is 4.46. The first-order chi connectivity index (χ1) is 9.87. The van der Waals surface area contributed by atoms with E-state index in [4.69, 9.17) is 10.8 Å². The highest BCUT2D eigenvalue weighted by atomic mass is 32.2. The van der Waals surface area contributed by atoms with Crippen LogP contribution in [0.25, 0.3) is 0 Å². The van der Waals surface area contributed by atoms with Gasteiger partial charge in [-0.2, -0.15) is 0 Å². The lowest BCUT2D eigenvalue weighted by Gasteiger charge is -2.10. The van der Waals surface area contributed by atoms with Crippen LogP contribution in [-0.2, 0) is 15.8 Å². The number of benzene rings is 2. The zero-order valence-electron chi connectivity index (χ0n) is 11.0. The quantitative estimate of drug-likeness (QED) is 0.731. The molecule has 2 rings (SSSR count). The molecule has 0 heterocycles. The first kappa shape index (κ1) is 14.9. The van der Waals surface area contributed by atoms with E-state index in [1.165, 1.54) is 18.2 Å². The fraction of sp³-hybridized carbons (Fsp3) is 0.0714. The Kier molecular flexibility index (Phi) is 4.13. The van der Waals surface area contributed by atoms with Gasteiger partial charge in [-0.15, -0.1) is 0 Å². The van der Waals surface area contributed by atoms with Gasteiger partial charge in [0.15, 0.2) is 0 Å². The monoisotopic (exact) mass is 306 g/mol. The van der Waals surface area contributed by atoms with Gasteiger partial charge < -0.3 is 10.8 Å². The number of rotatable bonds is 5. The Morgan fingerprint density at radius 2 is 1.86 bits per heavy atom. The van der Waals surface area contributed by atoms with Gasteiger partial charge in [0.2, 0.25) is 10.0 Å². The number of carbonyl (C=O) groups is 1. The molecule has 6 nitrogen and oxygen atoms in total. The van der Waals surface area contributed by atoms with E-state index in [2.05, 4.69) is 4.72 Å². The first-order valence-electron chi connectivity index (χ1n) is 6.04. The van der Waals surface area contributed by atoms with Gasteiger partial charge >= 0.3 is 5.97 Å². The highest BCUT2D eigenvalue weighted by Gasteiger charge is 2.16. The molecule has 0 aliphatic rings. The number of hydrogen-bond acceptors (Lipinski definition) is 4. The summed E-state index contributed by atoms with van der Waals surface area (Å²) in [6, 6.07) is 12.3. The van der Waals surface area contributed by atoms with Crippen LogP contribution in [-0.4, -0.2) is 19.5 Å².